The molecule has 0 radical (unpaired) electrons. The molecule has 0 fully saturated rings. The summed E-state index contributed by atoms with van der Waals surface area (Å²) in [5.74, 6) is 0.238. The van der Waals surface area contributed by atoms with Crippen molar-refractivity contribution >= 4 is 26.8 Å². The van der Waals surface area contributed by atoms with E-state index in [2.05, 4.69) is 20.9 Å². The Labute approximate surface area is 83.7 Å². The zero-order chi connectivity index (χ0) is 9.42. The van der Waals surface area contributed by atoms with Crippen molar-refractivity contribution in [2.75, 3.05) is 0 Å². The van der Waals surface area contributed by atoms with E-state index in [4.69, 9.17) is 5.73 Å². The summed E-state index contributed by atoms with van der Waals surface area (Å²) in [6.45, 7) is 0.460. The van der Waals surface area contributed by atoms with E-state index in [0.29, 0.717) is 11.0 Å². The fraction of sp³-hybridized carbons (Fsp3) is 0.111. The first-order valence-corrected chi connectivity index (χ1v) is 4.71. The number of phenolic OH excluding ortho intramolecular Hbond substituents is 1. The average Bonchev–Trinajstić information content (AvgIpc) is 2.55. The summed E-state index contributed by atoms with van der Waals surface area (Å²) in [6.07, 6.45) is 1.86. The number of benzene rings is 1. The summed E-state index contributed by atoms with van der Waals surface area (Å²) in [5, 5.41) is 10.4. The maximum atomic E-state index is 9.45. The molecular formula is C9H9BrN2O. The van der Waals surface area contributed by atoms with E-state index in [-0.39, 0.29) is 5.75 Å². The Kier molecular flexibility index (Phi) is 2.01. The zero-order valence-corrected chi connectivity index (χ0v) is 8.43. The van der Waals surface area contributed by atoms with Gasteiger partial charge in [-0.1, -0.05) is 0 Å². The highest BCUT2D eigenvalue weighted by atomic mass is 79.9. The van der Waals surface area contributed by atoms with Crippen LogP contribution in [0.3, 0.4) is 0 Å². The van der Waals surface area contributed by atoms with Crippen molar-refractivity contribution in [1.82, 2.24) is 4.98 Å². The molecule has 4 heteroatoms. The number of rotatable bonds is 1. The highest BCUT2D eigenvalue weighted by Gasteiger charge is 2.08. The van der Waals surface area contributed by atoms with Gasteiger partial charge in [-0.05, 0) is 33.6 Å². The lowest BCUT2D eigenvalue weighted by atomic mass is 10.2. The van der Waals surface area contributed by atoms with E-state index < -0.39 is 0 Å². The van der Waals surface area contributed by atoms with Gasteiger partial charge in [-0.15, -0.1) is 0 Å². The van der Waals surface area contributed by atoms with Crippen LogP contribution in [-0.4, -0.2) is 10.1 Å². The molecule has 0 aliphatic rings. The fourth-order valence-corrected chi connectivity index (χ4v) is 2.00. The van der Waals surface area contributed by atoms with Gasteiger partial charge in [0.15, 0.2) is 0 Å². The second-order valence-corrected chi connectivity index (χ2v) is 3.63. The molecule has 68 valence electrons. The number of phenols is 1. The summed E-state index contributed by atoms with van der Waals surface area (Å²) in [5.41, 5.74) is 7.53. The van der Waals surface area contributed by atoms with E-state index >= 15 is 0 Å². The molecule has 0 unspecified atom stereocenters. The molecule has 0 saturated heterocycles. The van der Waals surface area contributed by atoms with Gasteiger partial charge in [0, 0.05) is 23.6 Å². The fourth-order valence-electron chi connectivity index (χ4n) is 1.40. The molecule has 0 aliphatic heterocycles. The van der Waals surface area contributed by atoms with E-state index in [0.717, 1.165) is 16.5 Å². The smallest absolute Gasteiger partial charge is 0.130 e. The van der Waals surface area contributed by atoms with Crippen molar-refractivity contribution in [3.63, 3.8) is 0 Å². The number of nitrogens with one attached hydrogen (secondary N) is 1. The van der Waals surface area contributed by atoms with E-state index in [1.54, 1.807) is 6.07 Å². The molecule has 4 N–H and O–H groups in total. The Morgan fingerprint density at radius 1 is 1.46 bits per heavy atom. The van der Waals surface area contributed by atoms with Gasteiger partial charge in [0.25, 0.3) is 0 Å². The van der Waals surface area contributed by atoms with Crippen LogP contribution in [0.15, 0.2) is 22.8 Å². The average molecular weight is 241 g/mol. The SMILES string of the molecule is NCc1c[nH]c2ccc(O)c(Br)c12. The quantitative estimate of drug-likeness (QED) is 0.715. The number of fused-ring (bicyclic) bond motifs is 1. The van der Waals surface area contributed by atoms with E-state index in [9.17, 15) is 5.11 Å². The lowest BCUT2D eigenvalue weighted by molar-refractivity contribution is 0.473. The monoisotopic (exact) mass is 240 g/mol. The number of halogens is 1. The van der Waals surface area contributed by atoms with Crippen LogP contribution in [0.1, 0.15) is 5.56 Å². The first kappa shape index (κ1) is 8.59. The molecule has 3 nitrogen and oxygen atoms in total. The number of hydrogen-bond donors (Lipinski definition) is 3. The number of aromatic nitrogens is 1. The van der Waals surface area contributed by atoms with Crippen molar-refractivity contribution < 1.29 is 5.11 Å². The van der Waals surface area contributed by atoms with Crippen LogP contribution in [0.5, 0.6) is 5.75 Å². The van der Waals surface area contributed by atoms with Gasteiger partial charge in [-0.25, -0.2) is 0 Å². The summed E-state index contributed by atoms with van der Waals surface area (Å²) >= 11 is 3.33. The Balaban J connectivity index is 2.85. The van der Waals surface area contributed by atoms with Crippen LogP contribution >= 0.6 is 15.9 Å². The highest BCUT2D eigenvalue weighted by Crippen LogP contribution is 2.33. The van der Waals surface area contributed by atoms with Crippen LogP contribution in [0.25, 0.3) is 10.9 Å². The molecule has 2 aromatic rings. The zero-order valence-electron chi connectivity index (χ0n) is 6.84. The molecular weight excluding hydrogens is 232 g/mol. The van der Waals surface area contributed by atoms with Crippen LogP contribution in [0, 0.1) is 0 Å². The number of nitrogens with two attached hydrogens (primary N) is 1. The van der Waals surface area contributed by atoms with Crippen molar-refractivity contribution in [3.05, 3.63) is 28.4 Å². The summed E-state index contributed by atoms with van der Waals surface area (Å²) in [4.78, 5) is 3.09. The van der Waals surface area contributed by atoms with Gasteiger partial charge in [0.05, 0.1) is 4.47 Å². The van der Waals surface area contributed by atoms with Gasteiger partial charge < -0.3 is 15.8 Å². The van der Waals surface area contributed by atoms with Gasteiger partial charge in [-0.2, -0.15) is 0 Å². The van der Waals surface area contributed by atoms with Crippen molar-refractivity contribution in [1.29, 1.82) is 0 Å². The Morgan fingerprint density at radius 2 is 2.23 bits per heavy atom. The topological polar surface area (TPSA) is 62.0 Å². The Bertz CT molecular complexity index is 450. The molecule has 0 atom stereocenters. The molecule has 2 rings (SSSR count). The maximum absolute atomic E-state index is 9.45. The highest BCUT2D eigenvalue weighted by molar-refractivity contribution is 9.10. The first-order chi connectivity index (χ1) is 6.24. The third-order valence-electron chi connectivity index (χ3n) is 2.06. The minimum atomic E-state index is 0.238. The third-order valence-corrected chi connectivity index (χ3v) is 2.87. The third kappa shape index (κ3) is 1.22. The van der Waals surface area contributed by atoms with Crippen molar-refractivity contribution in [2.24, 2.45) is 5.73 Å². The number of hydrogen-bond acceptors (Lipinski definition) is 2. The minimum Gasteiger partial charge on any atom is -0.507 e. The molecule has 0 spiro atoms. The standard InChI is InChI=1S/C9H9BrN2O/c10-9-7(13)2-1-6-8(9)5(3-11)4-12-6/h1-2,4,12-13H,3,11H2. The summed E-state index contributed by atoms with van der Waals surface area (Å²) < 4.78 is 0.701. The lowest BCUT2D eigenvalue weighted by Gasteiger charge is -2.00. The summed E-state index contributed by atoms with van der Waals surface area (Å²) in [6, 6.07) is 3.47. The molecule has 0 saturated carbocycles. The second-order valence-electron chi connectivity index (χ2n) is 2.84. The molecule has 1 heterocycles. The van der Waals surface area contributed by atoms with Gasteiger partial charge in [0.2, 0.25) is 0 Å². The van der Waals surface area contributed by atoms with E-state index in [1.807, 2.05) is 12.3 Å². The number of aromatic amines is 1. The molecule has 0 bridgehead atoms. The molecule has 13 heavy (non-hydrogen) atoms. The van der Waals surface area contributed by atoms with Crippen LogP contribution in [0.4, 0.5) is 0 Å². The Hall–Kier alpha value is -1.00. The van der Waals surface area contributed by atoms with Crippen LogP contribution in [0.2, 0.25) is 0 Å². The summed E-state index contributed by atoms with van der Waals surface area (Å²) in [7, 11) is 0. The molecule has 1 aromatic heterocycles. The molecule has 1 aromatic carbocycles. The first-order valence-electron chi connectivity index (χ1n) is 3.91. The largest absolute Gasteiger partial charge is 0.507 e. The maximum Gasteiger partial charge on any atom is 0.130 e. The van der Waals surface area contributed by atoms with Crippen molar-refractivity contribution in [2.45, 2.75) is 6.54 Å². The molecule has 0 amide bonds. The number of aromatic hydroxyl groups is 1. The predicted molar refractivity (Wildman–Crippen MR) is 55.6 cm³/mol. The van der Waals surface area contributed by atoms with Crippen LogP contribution < -0.4 is 5.73 Å². The van der Waals surface area contributed by atoms with Crippen molar-refractivity contribution in [3.8, 4) is 5.75 Å². The number of H-pyrrole nitrogens is 1. The lowest BCUT2D eigenvalue weighted by Crippen LogP contribution is -1.94. The molecule has 0 aliphatic carbocycles. The van der Waals surface area contributed by atoms with E-state index in [1.165, 1.54) is 0 Å². The Morgan fingerprint density at radius 3 is 2.92 bits per heavy atom. The minimum absolute atomic E-state index is 0.238. The van der Waals surface area contributed by atoms with Gasteiger partial charge in [0.1, 0.15) is 5.75 Å². The second kappa shape index (κ2) is 3.05. The van der Waals surface area contributed by atoms with Gasteiger partial charge in [-0.3, -0.25) is 0 Å². The van der Waals surface area contributed by atoms with Crippen LogP contribution in [-0.2, 0) is 6.54 Å². The predicted octanol–water partition coefficient (Wildman–Crippen LogP) is 2.09. The van der Waals surface area contributed by atoms with Gasteiger partial charge >= 0.3 is 0 Å². The normalized spacial score (nSPS) is 10.9.